The molecule has 1 aromatic rings. The summed E-state index contributed by atoms with van der Waals surface area (Å²) < 4.78 is 1.82. The van der Waals surface area contributed by atoms with E-state index < -0.39 is 0 Å². The van der Waals surface area contributed by atoms with Crippen LogP contribution in [0.2, 0.25) is 0 Å². The molecule has 0 aromatic carbocycles. The molecule has 1 aliphatic heterocycles. The smallest absolute Gasteiger partial charge is 0.227 e. The summed E-state index contributed by atoms with van der Waals surface area (Å²) in [6, 6.07) is 0.470. The van der Waals surface area contributed by atoms with E-state index in [9.17, 15) is 4.79 Å². The van der Waals surface area contributed by atoms with Crippen molar-refractivity contribution in [1.29, 1.82) is 0 Å². The normalized spacial score (nSPS) is 25.2. The maximum Gasteiger partial charge on any atom is 0.227 e. The van der Waals surface area contributed by atoms with Crippen LogP contribution in [0.3, 0.4) is 0 Å². The van der Waals surface area contributed by atoms with Crippen LogP contribution in [0.4, 0.5) is 0 Å². The molecule has 3 rings (SSSR count). The summed E-state index contributed by atoms with van der Waals surface area (Å²) in [5.41, 5.74) is 1.18. The molecule has 124 valence electrons. The molecule has 2 heterocycles. The molecule has 1 saturated carbocycles. The Bertz CT molecular complexity index is 498. The largest absolute Gasteiger partial charge is 0.340 e. The topological polar surface area (TPSA) is 50.2 Å². The number of nitrogens with zero attached hydrogens (tertiary/aromatic N) is 3. The van der Waals surface area contributed by atoms with E-state index in [2.05, 4.69) is 22.2 Å². The van der Waals surface area contributed by atoms with Crippen LogP contribution >= 0.6 is 12.4 Å². The number of halogens is 1. The van der Waals surface area contributed by atoms with Crippen molar-refractivity contribution in [3.63, 3.8) is 0 Å². The lowest BCUT2D eigenvalue weighted by molar-refractivity contribution is -0.137. The number of hydrogen-bond acceptors (Lipinski definition) is 3. The first-order chi connectivity index (χ1) is 10.2. The average Bonchev–Trinajstić information content (AvgIpc) is 3.19. The molecule has 0 unspecified atom stereocenters. The van der Waals surface area contributed by atoms with Crippen LogP contribution in [0, 0.1) is 5.92 Å². The molecule has 2 atom stereocenters. The Morgan fingerprint density at radius 3 is 2.73 bits per heavy atom. The highest BCUT2D eigenvalue weighted by atomic mass is 35.5. The summed E-state index contributed by atoms with van der Waals surface area (Å²) in [5, 5.41) is 7.66. The lowest BCUT2D eigenvalue weighted by atomic mass is 9.89. The molecule has 0 spiro atoms. The first-order valence-corrected chi connectivity index (χ1v) is 8.20. The fraction of sp³-hybridized carbons (Fsp3) is 0.750. The zero-order chi connectivity index (χ0) is 14.8. The molecule has 5 nitrogen and oxygen atoms in total. The van der Waals surface area contributed by atoms with E-state index in [-0.39, 0.29) is 24.2 Å². The number of aryl methyl sites for hydroxylation is 1. The standard InChI is InChI=1S/C16H26N4O.ClH/c1-3-20(13-6-4-5-7-13)16(21)15-10-17-9-14(15)12-8-18-19(2)11-12;/h8,11,13-15,17H,3-7,9-10H2,1-2H3;1H/t14-,15+;/m1./s1. The predicted molar refractivity (Wildman–Crippen MR) is 89.2 cm³/mol. The van der Waals surface area contributed by atoms with E-state index in [0.29, 0.717) is 11.9 Å². The molecule has 6 heteroatoms. The van der Waals surface area contributed by atoms with Crippen molar-refractivity contribution in [2.75, 3.05) is 19.6 Å². The van der Waals surface area contributed by atoms with Gasteiger partial charge in [-0.1, -0.05) is 12.8 Å². The Morgan fingerprint density at radius 1 is 1.41 bits per heavy atom. The lowest BCUT2D eigenvalue weighted by Crippen LogP contribution is -2.44. The molecule has 0 bridgehead atoms. The molecule has 22 heavy (non-hydrogen) atoms. The van der Waals surface area contributed by atoms with Gasteiger partial charge < -0.3 is 10.2 Å². The van der Waals surface area contributed by atoms with Crippen molar-refractivity contribution < 1.29 is 4.79 Å². The number of carbonyl (C=O) groups excluding carboxylic acids is 1. The van der Waals surface area contributed by atoms with Gasteiger partial charge in [0.2, 0.25) is 5.91 Å². The van der Waals surface area contributed by atoms with E-state index in [4.69, 9.17) is 0 Å². The van der Waals surface area contributed by atoms with Gasteiger partial charge in [0.15, 0.2) is 0 Å². The maximum atomic E-state index is 13.0. The molecule has 1 aromatic heterocycles. The third-order valence-corrected chi connectivity index (χ3v) is 5.07. The van der Waals surface area contributed by atoms with Gasteiger partial charge in [-0.05, 0) is 25.3 Å². The molecule has 1 saturated heterocycles. The SMILES string of the molecule is CCN(C(=O)[C@H]1CNC[C@@H]1c1cnn(C)c1)C1CCCC1.Cl. The van der Waals surface area contributed by atoms with Crippen molar-refractivity contribution in [3.05, 3.63) is 18.0 Å². The fourth-order valence-electron chi connectivity index (χ4n) is 3.94. The lowest BCUT2D eigenvalue weighted by Gasteiger charge is -2.31. The molecular formula is C16H27ClN4O. The van der Waals surface area contributed by atoms with Gasteiger partial charge in [0.05, 0.1) is 12.1 Å². The minimum absolute atomic E-state index is 0. The van der Waals surface area contributed by atoms with Gasteiger partial charge in [0, 0.05) is 44.8 Å². The van der Waals surface area contributed by atoms with Crippen LogP contribution in [0.25, 0.3) is 0 Å². The molecule has 1 amide bonds. The van der Waals surface area contributed by atoms with Crippen molar-refractivity contribution >= 4 is 18.3 Å². The minimum Gasteiger partial charge on any atom is -0.340 e. The second kappa shape index (κ2) is 7.47. The molecular weight excluding hydrogens is 300 g/mol. The zero-order valence-electron chi connectivity index (χ0n) is 13.5. The van der Waals surface area contributed by atoms with Gasteiger partial charge in [0.25, 0.3) is 0 Å². The van der Waals surface area contributed by atoms with Crippen molar-refractivity contribution in [2.24, 2.45) is 13.0 Å². The van der Waals surface area contributed by atoms with Gasteiger partial charge in [-0.25, -0.2) is 0 Å². The van der Waals surface area contributed by atoms with Crippen LogP contribution in [-0.4, -0.2) is 46.3 Å². The van der Waals surface area contributed by atoms with Crippen molar-refractivity contribution in [3.8, 4) is 0 Å². The minimum atomic E-state index is 0. The Morgan fingerprint density at radius 2 is 2.14 bits per heavy atom. The average molecular weight is 327 g/mol. The van der Waals surface area contributed by atoms with Gasteiger partial charge in [-0.15, -0.1) is 12.4 Å². The highest BCUT2D eigenvalue weighted by Gasteiger charge is 2.38. The molecule has 1 N–H and O–H groups in total. The van der Waals surface area contributed by atoms with E-state index in [1.54, 1.807) is 0 Å². The number of amides is 1. The highest BCUT2D eigenvalue weighted by Crippen LogP contribution is 2.32. The van der Waals surface area contributed by atoms with E-state index >= 15 is 0 Å². The molecule has 2 aliphatic rings. The summed E-state index contributed by atoms with van der Waals surface area (Å²) in [4.78, 5) is 15.1. The second-order valence-corrected chi connectivity index (χ2v) is 6.38. The number of nitrogens with one attached hydrogen (secondary N) is 1. The highest BCUT2D eigenvalue weighted by molar-refractivity contribution is 5.85. The summed E-state index contributed by atoms with van der Waals surface area (Å²) in [5.74, 6) is 0.666. The molecule has 0 radical (unpaired) electrons. The van der Waals surface area contributed by atoms with Crippen LogP contribution in [0.5, 0.6) is 0 Å². The third kappa shape index (κ3) is 3.30. The maximum absolute atomic E-state index is 13.0. The predicted octanol–water partition coefficient (Wildman–Crippen LogP) is 1.94. The number of carbonyl (C=O) groups is 1. The first-order valence-electron chi connectivity index (χ1n) is 8.20. The summed E-state index contributed by atoms with van der Waals surface area (Å²) in [6.07, 6.45) is 8.84. The number of aromatic nitrogens is 2. The quantitative estimate of drug-likeness (QED) is 0.920. The van der Waals surface area contributed by atoms with Gasteiger partial charge in [-0.3, -0.25) is 9.48 Å². The molecule has 2 fully saturated rings. The summed E-state index contributed by atoms with van der Waals surface area (Å²) in [6.45, 7) is 4.61. The van der Waals surface area contributed by atoms with E-state index in [1.165, 1.54) is 31.2 Å². The van der Waals surface area contributed by atoms with E-state index in [1.807, 2.05) is 24.1 Å². The first kappa shape index (κ1) is 17.3. The monoisotopic (exact) mass is 326 g/mol. The number of rotatable bonds is 4. The van der Waals surface area contributed by atoms with Gasteiger partial charge >= 0.3 is 0 Å². The summed E-state index contributed by atoms with van der Waals surface area (Å²) >= 11 is 0. The van der Waals surface area contributed by atoms with E-state index in [0.717, 1.165) is 19.6 Å². The zero-order valence-corrected chi connectivity index (χ0v) is 14.3. The Labute approximate surface area is 138 Å². The van der Waals surface area contributed by atoms with Gasteiger partial charge in [0.1, 0.15) is 0 Å². The summed E-state index contributed by atoms with van der Waals surface area (Å²) in [7, 11) is 1.93. The number of hydrogen-bond donors (Lipinski definition) is 1. The van der Waals surface area contributed by atoms with Crippen LogP contribution in [-0.2, 0) is 11.8 Å². The third-order valence-electron chi connectivity index (χ3n) is 5.07. The van der Waals surface area contributed by atoms with Crippen molar-refractivity contribution in [1.82, 2.24) is 20.0 Å². The Hall–Kier alpha value is -1.07. The van der Waals surface area contributed by atoms with Crippen molar-refractivity contribution in [2.45, 2.75) is 44.6 Å². The van der Waals surface area contributed by atoms with Crippen LogP contribution in [0.15, 0.2) is 12.4 Å². The van der Waals surface area contributed by atoms with Crippen LogP contribution < -0.4 is 5.32 Å². The Balaban J connectivity index is 0.00000176. The fourth-order valence-corrected chi connectivity index (χ4v) is 3.94. The Kier molecular flexibility index (Phi) is 5.87. The van der Waals surface area contributed by atoms with Crippen LogP contribution in [0.1, 0.15) is 44.1 Å². The van der Waals surface area contributed by atoms with Gasteiger partial charge in [-0.2, -0.15) is 5.10 Å². The molecule has 1 aliphatic carbocycles. The second-order valence-electron chi connectivity index (χ2n) is 6.38.